The maximum absolute atomic E-state index is 11.8. The van der Waals surface area contributed by atoms with Crippen molar-refractivity contribution >= 4 is 5.97 Å². The van der Waals surface area contributed by atoms with Gasteiger partial charge in [-0.15, -0.1) is 0 Å². The molecule has 0 saturated heterocycles. The van der Waals surface area contributed by atoms with Gasteiger partial charge in [0, 0.05) is 0 Å². The Balaban J connectivity index is 2.06. The molecule has 0 aliphatic rings. The zero-order valence-electron chi connectivity index (χ0n) is 9.24. The molecular formula is C14H13NO2. The van der Waals surface area contributed by atoms with Gasteiger partial charge < -0.3 is 10.5 Å². The number of para-hydroxylation sites is 1. The van der Waals surface area contributed by atoms with E-state index in [1.165, 1.54) is 0 Å². The Morgan fingerprint density at radius 2 is 1.47 bits per heavy atom. The molecule has 0 bridgehead atoms. The van der Waals surface area contributed by atoms with Crippen LogP contribution >= 0.6 is 0 Å². The Hall–Kier alpha value is -2.13. The van der Waals surface area contributed by atoms with E-state index in [1.54, 1.807) is 36.4 Å². The number of carbonyl (C=O) groups is 1. The number of carbonyl (C=O) groups excluding carboxylic acids is 1. The molecule has 1 atom stereocenters. The normalized spacial score (nSPS) is 11.8. The molecule has 1 unspecified atom stereocenters. The Bertz CT molecular complexity index is 482. The summed E-state index contributed by atoms with van der Waals surface area (Å²) in [6, 6.07) is 17.3. The minimum Gasteiger partial charge on any atom is -0.425 e. The van der Waals surface area contributed by atoms with Crippen molar-refractivity contribution in [3.8, 4) is 5.75 Å². The molecule has 0 radical (unpaired) electrons. The summed E-state index contributed by atoms with van der Waals surface area (Å²) in [7, 11) is 0. The van der Waals surface area contributed by atoms with Crippen LogP contribution in [0, 0.1) is 0 Å². The van der Waals surface area contributed by atoms with Crippen molar-refractivity contribution < 1.29 is 9.53 Å². The monoisotopic (exact) mass is 227 g/mol. The van der Waals surface area contributed by atoms with E-state index < -0.39 is 12.0 Å². The Morgan fingerprint density at radius 3 is 2.06 bits per heavy atom. The molecule has 0 aliphatic heterocycles. The van der Waals surface area contributed by atoms with Gasteiger partial charge in [-0.2, -0.15) is 0 Å². The van der Waals surface area contributed by atoms with Crippen molar-refractivity contribution in [2.75, 3.05) is 0 Å². The van der Waals surface area contributed by atoms with Gasteiger partial charge in [0.25, 0.3) is 0 Å². The van der Waals surface area contributed by atoms with E-state index in [-0.39, 0.29) is 0 Å². The number of ether oxygens (including phenoxy) is 1. The van der Waals surface area contributed by atoms with Gasteiger partial charge in [0.05, 0.1) is 0 Å². The molecule has 0 amide bonds. The summed E-state index contributed by atoms with van der Waals surface area (Å²) < 4.78 is 5.17. The molecule has 0 fully saturated rings. The van der Waals surface area contributed by atoms with Gasteiger partial charge in [-0.1, -0.05) is 48.5 Å². The Kier molecular flexibility index (Phi) is 3.52. The lowest BCUT2D eigenvalue weighted by Gasteiger charge is -2.11. The van der Waals surface area contributed by atoms with Crippen LogP contribution < -0.4 is 10.5 Å². The van der Waals surface area contributed by atoms with Crippen LogP contribution in [0.1, 0.15) is 11.6 Å². The second kappa shape index (κ2) is 5.27. The lowest BCUT2D eigenvalue weighted by molar-refractivity contribution is -0.136. The standard InChI is InChI=1S/C14H13NO2/c15-13(11-7-3-1-4-8-11)14(16)17-12-9-5-2-6-10-12/h1-10,13H,15H2. The molecule has 2 aromatic rings. The SMILES string of the molecule is NC(C(=O)Oc1ccccc1)c1ccccc1. The summed E-state index contributed by atoms with van der Waals surface area (Å²) in [6.45, 7) is 0. The van der Waals surface area contributed by atoms with Crippen LogP contribution in [0.5, 0.6) is 5.75 Å². The van der Waals surface area contributed by atoms with E-state index in [2.05, 4.69) is 0 Å². The maximum Gasteiger partial charge on any atom is 0.332 e. The minimum atomic E-state index is -0.753. The molecule has 0 spiro atoms. The molecule has 2 N–H and O–H groups in total. The molecule has 3 nitrogen and oxygen atoms in total. The summed E-state index contributed by atoms with van der Waals surface area (Å²) in [5.74, 6) is 0.0475. The zero-order valence-corrected chi connectivity index (χ0v) is 9.24. The average Bonchev–Trinajstić information content (AvgIpc) is 2.40. The highest BCUT2D eigenvalue weighted by Gasteiger charge is 2.17. The van der Waals surface area contributed by atoms with Crippen LogP contribution in [0.25, 0.3) is 0 Å². The molecule has 0 aliphatic carbocycles. The molecule has 0 aromatic heterocycles. The molecule has 2 aromatic carbocycles. The minimum absolute atomic E-state index is 0.456. The third-order valence-electron chi connectivity index (χ3n) is 2.37. The molecule has 0 saturated carbocycles. The van der Waals surface area contributed by atoms with Crippen molar-refractivity contribution in [2.24, 2.45) is 5.73 Å². The topological polar surface area (TPSA) is 52.3 Å². The number of hydrogen-bond acceptors (Lipinski definition) is 3. The first-order valence-corrected chi connectivity index (χ1v) is 5.34. The van der Waals surface area contributed by atoms with Gasteiger partial charge in [-0.05, 0) is 17.7 Å². The van der Waals surface area contributed by atoms with E-state index in [0.29, 0.717) is 5.75 Å². The van der Waals surface area contributed by atoms with Crippen LogP contribution in [0.15, 0.2) is 60.7 Å². The highest BCUT2D eigenvalue weighted by molar-refractivity contribution is 5.79. The highest BCUT2D eigenvalue weighted by Crippen LogP contribution is 2.15. The Morgan fingerprint density at radius 1 is 0.941 bits per heavy atom. The Labute approximate surface area is 99.8 Å². The summed E-state index contributed by atoms with van der Waals surface area (Å²) in [5.41, 5.74) is 6.56. The van der Waals surface area contributed by atoms with Crippen LogP contribution in [0.2, 0.25) is 0 Å². The molecular weight excluding hydrogens is 214 g/mol. The lowest BCUT2D eigenvalue weighted by Crippen LogP contribution is -2.25. The predicted molar refractivity (Wildman–Crippen MR) is 65.4 cm³/mol. The van der Waals surface area contributed by atoms with Crippen LogP contribution in [-0.4, -0.2) is 5.97 Å². The zero-order chi connectivity index (χ0) is 12.1. The fourth-order valence-electron chi connectivity index (χ4n) is 1.46. The van der Waals surface area contributed by atoms with Crippen molar-refractivity contribution in [1.29, 1.82) is 0 Å². The third-order valence-corrected chi connectivity index (χ3v) is 2.37. The van der Waals surface area contributed by atoms with E-state index in [1.807, 2.05) is 24.3 Å². The smallest absolute Gasteiger partial charge is 0.332 e. The maximum atomic E-state index is 11.8. The third kappa shape index (κ3) is 2.92. The number of rotatable bonds is 3. The largest absolute Gasteiger partial charge is 0.425 e. The van der Waals surface area contributed by atoms with E-state index in [4.69, 9.17) is 10.5 Å². The van der Waals surface area contributed by atoms with Crippen molar-refractivity contribution in [3.63, 3.8) is 0 Å². The molecule has 86 valence electrons. The number of benzene rings is 2. The second-order valence-corrected chi connectivity index (χ2v) is 3.62. The van der Waals surface area contributed by atoms with E-state index >= 15 is 0 Å². The molecule has 3 heteroatoms. The average molecular weight is 227 g/mol. The molecule has 2 rings (SSSR count). The summed E-state index contributed by atoms with van der Waals surface area (Å²) in [4.78, 5) is 11.8. The van der Waals surface area contributed by atoms with Crippen molar-refractivity contribution in [1.82, 2.24) is 0 Å². The molecule has 17 heavy (non-hydrogen) atoms. The van der Waals surface area contributed by atoms with E-state index in [0.717, 1.165) is 5.56 Å². The van der Waals surface area contributed by atoms with Gasteiger partial charge >= 0.3 is 5.97 Å². The fourth-order valence-corrected chi connectivity index (χ4v) is 1.46. The predicted octanol–water partition coefficient (Wildman–Crippen LogP) is 2.29. The lowest BCUT2D eigenvalue weighted by atomic mass is 10.1. The van der Waals surface area contributed by atoms with Crippen LogP contribution in [-0.2, 0) is 4.79 Å². The number of esters is 1. The first-order chi connectivity index (χ1) is 8.27. The van der Waals surface area contributed by atoms with Crippen LogP contribution in [0.3, 0.4) is 0 Å². The number of nitrogens with two attached hydrogens (primary N) is 1. The summed E-state index contributed by atoms with van der Waals surface area (Å²) >= 11 is 0. The first kappa shape index (κ1) is 11.4. The summed E-state index contributed by atoms with van der Waals surface area (Å²) in [6.07, 6.45) is 0. The fraction of sp³-hybridized carbons (Fsp3) is 0.0714. The summed E-state index contributed by atoms with van der Waals surface area (Å²) in [5, 5.41) is 0. The van der Waals surface area contributed by atoms with Gasteiger partial charge in [-0.3, -0.25) is 0 Å². The quantitative estimate of drug-likeness (QED) is 0.646. The van der Waals surface area contributed by atoms with Gasteiger partial charge in [0.15, 0.2) is 0 Å². The molecule has 0 heterocycles. The van der Waals surface area contributed by atoms with Crippen molar-refractivity contribution in [3.05, 3.63) is 66.2 Å². The number of hydrogen-bond donors (Lipinski definition) is 1. The highest BCUT2D eigenvalue weighted by atomic mass is 16.5. The van der Waals surface area contributed by atoms with Gasteiger partial charge in [0.2, 0.25) is 0 Å². The van der Waals surface area contributed by atoms with Crippen LogP contribution in [0.4, 0.5) is 0 Å². The van der Waals surface area contributed by atoms with Gasteiger partial charge in [-0.25, -0.2) is 4.79 Å². The second-order valence-electron chi connectivity index (χ2n) is 3.62. The van der Waals surface area contributed by atoms with E-state index in [9.17, 15) is 4.79 Å². The van der Waals surface area contributed by atoms with Gasteiger partial charge in [0.1, 0.15) is 11.8 Å². The first-order valence-electron chi connectivity index (χ1n) is 5.34. The van der Waals surface area contributed by atoms with Crippen molar-refractivity contribution in [2.45, 2.75) is 6.04 Å².